The van der Waals surface area contributed by atoms with Crippen molar-refractivity contribution in [2.75, 3.05) is 27.2 Å². The van der Waals surface area contributed by atoms with E-state index in [0.717, 1.165) is 89.0 Å². The summed E-state index contributed by atoms with van der Waals surface area (Å²) >= 11 is 0. The third kappa shape index (κ3) is 5.66. The Bertz CT molecular complexity index is 1780. The van der Waals surface area contributed by atoms with Gasteiger partial charge in [0.05, 0.1) is 48.9 Å². The van der Waals surface area contributed by atoms with E-state index < -0.39 is 0 Å². The number of benzene rings is 3. The summed E-state index contributed by atoms with van der Waals surface area (Å²) in [7, 11) is 3.86. The topological polar surface area (TPSA) is 90.1 Å². The summed E-state index contributed by atoms with van der Waals surface area (Å²) in [6, 6.07) is 25.1. The minimum absolute atomic E-state index is 0.0730. The van der Waals surface area contributed by atoms with Gasteiger partial charge >= 0.3 is 0 Å². The van der Waals surface area contributed by atoms with E-state index in [-0.39, 0.29) is 17.9 Å². The fourth-order valence-corrected chi connectivity index (χ4v) is 6.94. The lowest BCUT2D eigenvalue weighted by atomic mass is 9.99. The van der Waals surface area contributed by atoms with Gasteiger partial charge in [-0.3, -0.25) is 9.69 Å². The van der Waals surface area contributed by atoms with Gasteiger partial charge in [0.25, 0.3) is 0 Å². The monoisotopic (exact) mass is 600 g/mol. The zero-order valence-electron chi connectivity index (χ0n) is 26.2. The number of H-pyrrole nitrogens is 2. The molecule has 0 aliphatic carbocycles. The number of nitrogens with zero attached hydrogens (tertiary/aromatic N) is 4. The maximum absolute atomic E-state index is 13.6. The minimum Gasteiger partial charge on any atom is -0.496 e. The van der Waals surface area contributed by atoms with E-state index in [0.29, 0.717) is 6.04 Å². The Morgan fingerprint density at radius 3 is 2.20 bits per heavy atom. The lowest BCUT2D eigenvalue weighted by molar-refractivity contribution is -0.133. The number of ether oxygens (including phenoxy) is 1. The van der Waals surface area contributed by atoms with E-state index in [9.17, 15) is 4.79 Å². The van der Waals surface area contributed by atoms with Crippen LogP contribution in [-0.2, 0) is 4.79 Å². The molecule has 2 fully saturated rings. The van der Waals surface area contributed by atoms with Crippen molar-refractivity contribution >= 4 is 5.91 Å². The maximum Gasteiger partial charge on any atom is 0.230 e. The molecule has 2 aromatic heterocycles. The Balaban J connectivity index is 1.11. The first-order chi connectivity index (χ1) is 22.0. The molecule has 5 aromatic rings. The molecular weight excluding hydrogens is 560 g/mol. The molecule has 0 saturated carbocycles. The van der Waals surface area contributed by atoms with Crippen LogP contribution in [0, 0.1) is 0 Å². The van der Waals surface area contributed by atoms with Crippen LogP contribution in [0.1, 0.15) is 67.8 Å². The lowest BCUT2D eigenvalue weighted by Crippen LogP contribution is -2.34. The quantitative estimate of drug-likeness (QED) is 0.194. The largest absolute Gasteiger partial charge is 0.496 e. The molecule has 8 heteroatoms. The van der Waals surface area contributed by atoms with Gasteiger partial charge in [-0.15, -0.1) is 0 Å². The van der Waals surface area contributed by atoms with Crippen LogP contribution in [0.4, 0.5) is 0 Å². The molecule has 0 radical (unpaired) electrons. The second-order valence-corrected chi connectivity index (χ2v) is 12.3. The summed E-state index contributed by atoms with van der Waals surface area (Å²) < 4.78 is 5.77. The molecule has 7 rings (SSSR count). The van der Waals surface area contributed by atoms with E-state index in [2.05, 4.69) is 58.3 Å². The Labute approximate surface area is 264 Å². The molecule has 3 atom stereocenters. The summed E-state index contributed by atoms with van der Waals surface area (Å²) in [6.07, 6.45) is 8.00. The van der Waals surface area contributed by atoms with Crippen molar-refractivity contribution in [1.82, 2.24) is 29.7 Å². The maximum atomic E-state index is 13.6. The van der Waals surface area contributed by atoms with Gasteiger partial charge in [0.1, 0.15) is 17.4 Å². The van der Waals surface area contributed by atoms with Crippen molar-refractivity contribution < 1.29 is 9.53 Å². The van der Waals surface area contributed by atoms with Crippen LogP contribution >= 0.6 is 0 Å². The Morgan fingerprint density at radius 2 is 1.47 bits per heavy atom. The second kappa shape index (κ2) is 12.4. The number of aromatic amines is 2. The number of amides is 1. The highest BCUT2D eigenvalue weighted by Gasteiger charge is 2.34. The molecule has 0 spiro atoms. The molecule has 1 amide bonds. The van der Waals surface area contributed by atoms with Crippen LogP contribution in [0.2, 0.25) is 0 Å². The third-order valence-electron chi connectivity index (χ3n) is 9.57. The SMILES string of the molecule is COc1ccc(-c2ccc(-c3cnc([C@@H]4CCCN4C)[nH]3)cc2)cc1-c1cnc([C@@H]2CCCN2C(=O)[C@H](C)c2ccccc2)[nH]1. The molecule has 2 aliphatic rings. The van der Waals surface area contributed by atoms with Gasteiger partial charge in [-0.2, -0.15) is 0 Å². The van der Waals surface area contributed by atoms with E-state index in [1.54, 1.807) is 7.11 Å². The van der Waals surface area contributed by atoms with Crippen LogP contribution in [-0.4, -0.2) is 62.9 Å². The highest BCUT2D eigenvalue weighted by atomic mass is 16.5. The fourth-order valence-electron chi connectivity index (χ4n) is 6.94. The van der Waals surface area contributed by atoms with Gasteiger partial charge in [0, 0.05) is 12.1 Å². The number of nitrogens with one attached hydrogen (secondary N) is 2. The lowest BCUT2D eigenvalue weighted by Gasteiger charge is -2.26. The normalized spacial score (nSPS) is 19.2. The number of hydrogen-bond donors (Lipinski definition) is 2. The molecule has 0 bridgehead atoms. The average Bonchev–Trinajstić information content (AvgIpc) is 3.91. The number of methoxy groups -OCH3 is 1. The highest BCUT2D eigenvalue weighted by Crippen LogP contribution is 2.38. The van der Waals surface area contributed by atoms with Gasteiger partial charge in [-0.1, -0.05) is 60.7 Å². The van der Waals surface area contributed by atoms with Gasteiger partial charge in [-0.25, -0.2) is 9.97 Å². The molecule has 2 aliphatic heterocycles. The molecular formula is C37H40N6O2. The summed E-state index contributed by atoms with van der Waals surface area (Å²) in [5.74, 6) is 2.57. The van der Waals surface area contributed by atoms with Gasteiger partial charge in [0.2, 0.25) is 5.91 Å². The van der Waals surface area contributed by atoms with Crippen molar-refractivity contribution in [2.24, 2.45) is 0 Å². The first-order valence-electron chi connectivity index (χ1n) is 15.9. The van der Waals surface area contributed by atoms with Crippen LogP contribution in [0.5, 0.6) is 5.75 Å². The van der Waals surface area contributed by atoms with E-state index >= 15 is 0 Å². The second-order valence-electron chi connectivity index (χ2n) is 12.3. The molecule has 8 nitrogen and oxygen atoms in total. The van der Waals surface area contributed by atoms with E-state index in [1.165, 1.54) is 6.42 Å². The van der Waals surface area contributed by atoms with Gasteiger partial charge in [-0.05, 0) is 80.6 Å². The zero-order chi connectivity index (χ0) is 30.9. The summed E-state index contributed by atoms with van der Waals surface area (Å²) in [5.41, 5.74) is 7.19. The van der Waals surface area contributed by atoms with Crippen molar-refractivity contribution in [2.45, 2.75) is 50.6 Å². The fraction of sp³-hybridized carbons (Fsp3) is 0.324. The summed E-state index contributed by atoms with van der Waals surface area (Å²) in [5, 5.41) is 0. The Kier molecular flexibility index (Phi) is 7.98. The zero-order valence-corrected chi connectivity index (χ0v) is 26.2. The van der Waals surface area contributed by atoms with Crippen molar-refractivity contribution in [3.63, 3.8) is 0 Å². The first-order valence-corrected chi connectivity index (χ1v) is 15.9. The first kappa shape index (κ1) is 29.0. The Hall–Kier alpha value is -4.69. The molecule has 3 aromatic carbocycles. The minimum atomic E-state index is -0.200. The molecule has 45 heavy (non-hydrogen) atoms. The van der Waals surface area contributed by atoms with Crippen molar-refractivity contribution in [3.05, 3.63) is 102 Å². The van der Waals surface area contributed by atoms with Crippen LogP contribution in [0.25, 0.3) is 33.6 Å². The number of aromatic nitrogens is 4. The average molecular weight is 601 g/mol. The molecule has 2 saturated heterocycles. The molecule has 0 unspecified atom stereocenters. The standard InChI is InChI=1S/C37H40N6O2/c1-24(25-9-5-4-6-10-25)37(44)43-20-8-12-33(43)36-39-23-31(41-36)29-21-28(17-18-34(29)45-3)26-13-15-27(16-14-26)30-22-38-35(40-30)32-11-7-19-42(32)2/h4-6,9-10,13-18,21-24,32-33H,7-8,11-12,19-20H2,1-3H3,(H,38,40)(H,39,41)/t24-,32+,33+/m1/s1. The van der Waals surface area contributed by atoms with Crippen molar-refractivity contribution in [3.8, 4) is 39.4 Å². The number of hydrogen-bond acceptors (Lipinski definition) is 5. The Morgan fingerprint density at radius 1 is 0.822 bits per heavy atom. The summed E-state index contributed by atoms with van der Waals surface area (Å²) in [4.78, 5) is 34.5. The highest BCUT2D eigenvalue weighted by molar-refractivity contribution is 5.84. The number of rotatable bonds is 8. The third-order valence-corrected chi connectivity index (χ3v) is 9.57. The number of carbonyl (C=O) groups excluding carboxylic acids is 1. The summed E-state index contributed by atoms with van der Waals surface area (Å²) in [6.45, 7) is 3.85. The predicted octanol–water partition coefficient (Wildman–Crippen LogP) is 7.38. The van der Waals surface area contributed by atoms with Gasteiger partial charge < -0.3 is 19.6 Å². The van der Waals surface area contributed by atoms with E-state index in [1.807, 2.05) is 60.6 Å². The van der Waals surface area contributed by atoms with Crippen LogP contribution in [0.15, 0.2) is 85.2 Å². The van der Waals surface area contributed by atoms with Crippen LogP contribution in [0.3, 0.4) is 0 Å². The predicted molar refractivity (Wildman–Crippen MR) is 177 cm³/mol. The van der Waals surface area contributed by atoms with Gasteiger partial charge in [0.15, 0.2) is 0 Å². The number of imidazole rings is 2. The van der Waals surface area contributed by atoms with E-state index in [4.69, 9.17) is 14.7 Å². The molecule has 2 N–H and O–H groups in total. The number of carbonyl (C=O) groups is 1. The van der Waals surface area contributed by atoms with Crippen molar-refractivity contribution in [1.29, 1.82) is 0 Å². The molecule has 4 heterocycles. The van der Waals surface area contributed by atoms with Crippen LogP contribution < -0.4 is 4.74 Å². The molecule has 230 valence electrons. The smallest absolute Gasteiger partial charge is 0.230 e. The number of likely N-dealkylation sites (tertiary alicyclic amines) is 2.